The highest BCUT2D eigenvalue weighted by Crippen LogP contribution is 2.30. The molecule has 3 aromatic heterocycles. The smallest absolute Gasteiger partial charge is 0.388 e. The van der Waals surface area contributed by atoms with Crippen LogP contribution in [0.2, 0.25) is 0 Å². The van der Waals surface area contributed by atoms with Gasteiger partial charge in [-0.15, -0.1) is 0 Å². The van der Waals surface area contributed by atoms with Crippen LogP contribution in [-0.2, 0) is 6.18 Å². The van der Waals surface area contributed by atoms with Crippen LogP contribution in [0.4, 0.5) is 13.2 Å². The van der Waals surface area contributed by atoms with E-state index in [0.29, 0.717) is 5.69 Å². The number of aromatic nitrogens is 4. The lowest BCUT2D eigenvalue weighted by Gasteiger charge is -2.08. The first-order valence-electron chi connectivity index (χ1n) is 5.77. The highest BCUT2D eigenvalue weighted by molar-refractivity contribution is 7.80. The van der Waals surface area contributed by atoms with Gasteiger partial charge in [0.1, 0.15) is 10.5 Å². The van der Waals surface area contributed by atoms with Crippen LogP contribution in [0.1, 0.15) is 11.4 Å². The minimum absolute atomic E-state index is 0.124. The van der Waals surface area contributed by atoms with Gasteiger partial charge in [0, 0.05) is 24.7 Å². The summed E-state index contributed by atoms with van der Waals surface area (Å²) < 4.78 is 40.9. The fraction of sp³-hybridized carbons (Fsp3) is 0.0833. The van der Waals surface area contributed by atoms with E-state index in [9.17, 15) is 13.2 Å². The van der Waals surface area contributed by atoms with Gasteiger partial charge >= 0.3 is 6.18 Å². The van der Waals surface area contributed by atoms with Crippen molar-refractivity contribution in [2.45, 2.75) is 6.18 Å². The maximum Gasteiger partial charge on any atom is 0.435 e. The Labute approximate surface area is 121 Å². The quantitative estimate of drug-likeness (QED) is 0.737. The summed E-state index contributed by atoms with van der Waals surface area (Å²) in [4.78, 5) is 4.23. The number of nitrogens with zero attached hydrogens (tertiary/aromatic N) is 4. The van der Waals surface area contributed by atoms with E-state index in [0.717, 1.165) is 10.6 Å². The molecule has 3 aromatic rings. The second-order valence-corrected chi connectivity index (χ2v) is 4.68. The number of hydrogen-bond acceptors (Lipinski definition) is 3. The van der Waals surface area contributed by atoms with Crippen LogP contribution in [0.3, 0.4) is 0 Å². The van der Waals surface area contributed by atoms with Crippen molar-refractivity contribution >= 4 is 22.7 Å². The summed E-state index contributed by atoms with van der Waals surface area (Å²) in [5.74, 6) is 0.272. The third-order valence-electron chi connectivity index (χ3n) is 2.89. The largest absolute Gasteiger partial charge is 0.435 e. The van der Waals surface area contributed by atoms with Gasteiger partial charge in [-0.1, -0.05) is 12.2 Å². The molecule has 0 radical (unpaired) electrons. The number of nitrogens with two attached hydrogens (primary N) is 1. The molecule has 9 heteroatoms. The van der Waals surface area contributed by atoms with E-state index in [4.69, 9.17) is 18.0 Å². The molecule has 0 aliphatic heterocycles. The highest BCUT2D eigenvalue weighted by Gasteiger charge is 2.34. The number of thiocarbonyl (C=S) groups is 1. The summed E-state index contributed by atoms with van der Waals surface area (Å²) in [6, 6.07) is 4.28. The molecule has 0 unspecified atom stereocenters. The lowest BCUT2D eigenvalue weighted by Crippen LogP contribution is -2.15. The lowest BCUT2D eigenvalue weighted by molar-refractivity contribution is -0.141. The number of alkyl halides is 3. The molecular weight excluding hydrogens is 303 g/mol. The molecule has 2 N–H and O–H groups in total. The second kappa shape index (κ2) is 4.55. The summed E-state index contributed by atoms with van der Waals surface area (Å²) in [6.07, 6.45) is -0.195. The first-order chi connectivity index (χ1) is 9.88. The summed E-state index contributed by atoms with van der Waals surface area (Å²) in [5.41, 5.74) is 5.30. The van der Waals surface area contributed by atoms with E-state index < -0.39 is 11.9 Å². The van der Waals surface area contributed by atoms with Crippen molar-refractivity contribution in [1.29, 1.82) is 0 Å². The number of rotatable bonds is 2. The molecule has 3 heterocycles. The predicted molar refractivity (Wildman–Crippen MR) is 73.2 cm³/mol. The Balaban J connectivity index is 2.26. The van der Waals surface area contributed by atoms with Gasteiger partial charge in [0.2, 0.25) is 0 Å². The topological polar surface area (TPSA) is 61.1 Å². The van der Waals surface area contributed by atoms with Gasteiger partial charge in [0.25, 0.3) is 0 Å². The van der Waals surface area contributed by atoms with Crippen LogP contribution < -0.4 is 5.73 Å². The molecule has 3 rings (SSSR count). The molecule has 0 atom stereocenters. The van der Waals surface area contributed by atoms with E-state index >= 15 is 0 Å². The van der Waals surface area contributed by atoms with Crippen LogP contribution in [0, 0.1) is 0 Å². The molecule has 0 amide bonds. The molecule has 0 fully saturated rings. The Morgan fingerprint density at radius 1 is 1.29 bits per heavy atom. The third kappa shape index (κ3) is 2.25. The van der Waals surface area contributed by atoms with Gasteiger partial charge in [0.15, 0.2) is 11.5 Å². The van der Waals surface area contributed by atoms with E-state index in [1.165, 1.54) is 17.0 Å². The van der Waals surface area contributed by atoms with Crippen molar-refractivity contribution in [3.05, 3.63) is 48.2 Å². The molecule has 0 saturated carbocycles. The Morgan fingerprint density at radius 2 is 2.05 bits per heavy atom. The Bertz CT molecular complexity index is 833. The molecular formula is C12H8F3N5S. The summed E-state index contributed by atoms with van der Waals surface area (Å²) in [7, 11) is 0. The van der Waals surface area contributed by atoms with Crippen molar-refractivity contribution in [2.75, 3.05) is 0 Å². The van der Waals surface area contributed by atoms with Gasteiger partial charge in [-0.25, -0.2) is 9.50 Å². The van der Waals surface area contributed by atoms with Crippen LogP contribution in [0.5, 0.6) is 0 Å². The third-order valence-corrected chi connectivity index (χ3v) is 3.10. The number of fused-ring (bicyclic) bond motifs is 1. The SMILES string of the molecule is NC(=S)c1cccn1-c1nccn2nc(C(F)(F)F)cc12. The van der Waals surface area contributed by atoms with Gasteiger partial charge in [-0.3, -0.25) is 4.57 Å². The van der Waals surface area contributed by atoms with E-state index in [-0.39, 0.29) is 16.3 Å². The molecule has 108 valence electrons. The average Bonchev–Trinajstić information content (AvgIpc) is 3.04. The molecule has 0 spiro atoms. The first-order valence-corrected chi connectivity index (χ1v) is 6.18. The van der Waals surface area contributed by atoms with Gasteiger partial charge < -0.3 is 5.73 Å². The minimum Gasteiger partial charge on any atom is -0.388 e. The summed E-state index contributed by atoms with van der Waals surface area (Å²) in [6.45, 7) is 0. The maximum atomic E-state index is 12.8. The first kappa shape index (κ1) is 13.6. The van der Waals surface area contributed by atoms with Crippen LogP contribution >= 0.6 is 12.2 Å². The summed E-state index contributed by atoms with van der Waals surface area (Å²) in [5, 5.41) is 3.50. The normalized spacial score (nSPS) is 12.0. The molecule has 0 bridgehead atoms. The number of hydrogen-bond donors (Lipinski definition) is 1. The Hall–Kier alpha value is -2.42. The Kier molecular flexibility index (Phi) is 2.94. The molecule has 21 heavy (non-hydrogen) atoms. The summed E-state index contributed by atoms with van der Waals surface area (Å²) >= 11 is 4.92. The molecule has 0 aliphatic rings. The number of halogens is 3. The molecule has 0 saturated heterocycles. The van der Waals surface area contributed by atoms with Crippen molar-refractivity contribution in [2.24, 2.45) is 5.73 Å². The average molecular weight is 311 g/mol. The zero-order valence-electron chi connectivity index (χ0n) is 10.4. The molecule has 0 aliphatic carbocycles. The van der Waals surface area contributed by atoms with Crippen molar-refractivity contribution in [1.82, 2.24) is 19.2 Å². The molecule has 0 aromatic carbocycles. The van der Waals surface area contributed by atoms with Crippen molar-refractivity contribution in [3.63, 3.8) is 0 Å². The highest BCUT2D eigenvalue weighted by atomic mass is 32.1. The van der Waals surface area contributed by atoms with E-state index in [2.05, 4.69) is 10.1 Å². The minimum atomic E-state index is -4.52. The fourth-order valence-corrected chi connectivity index (χ4v) is 2.17. The van der Waals surface area contributed by atoms with Crippen molar-refractivity contribution < 1.29 is 13.2 Å². The predicted octanol–water partition coefficient (Wildman–Crippen LogP) is 2.17. The Morgan fingerprint density at radius 3 is 2.71 bits per heavy atom. The molecule has 5 nitrogen and oxygen atoms in total. The lowest BCUT2D eigenvalue weighted by atomic mass is 10.3. The van der Waals surface area contributed by atoms with E-state index in [1.54, 1.807) is 18.3 Å². The maximum absolute atomic E-state index is 12.8. The standard InChI is InChI=1S/C12H8F3N5S/c13-12(14,15)9-6-8-11(17-3-5-20(8)18-9)19-4-1-2-7(19)10(16)21/h1-6H,(H2,16,21). The van der Waals surface area contributed by atoms with Crippen LogP contribution in [0.25, 0.3) is 11.3 Å². The zero-order chi connectivity index (χ0) is 15.2. The fourth-order valence-electron chi connectivity index (χ4n) is 2.00. The van der Waals surface area contributed by atoms with Gasteiger partial charge in [-0.2, -0.15) is 18.3 Å². The van der Waals surface area contributed by atoms with Gasteiger partial charge in [0.05, 0.1) is 5.69 Å². The van der Waals surface area contributed by atoms with Crippen LogP contribution in [-0.4, -0.2) is 24.2 Å². The van der Waals surface area contributed by atoms with Gasteiger partial charge in [-0.05, 0) is 12.1 Å². The van der Waals surface area contributed by atoms with Crippen molar-refractivity contribution in [3.8, 4) is 5.82 Å². The zero-order valence-corrected chi connectivity index (χ0v) is 11.2. The monoisotopic (exact) mass is 311 g/mol. The second-order valence-electron chi connectivity index (χ2n) is 4.24. The van der Waals surface area contributed by atoms with Crippen LogP contribution in [0.15, 0.2) is 36.8 Å². The van der Waals surface area contributed by atoms with E-state index in [1.807, 2.05) is 0 Å².